The average molecular weight is 528 g/mol. The van der Waals surface area contributed by atoms with Crippen molar-refractivity contribution < 1.29 is 36.0 Å². The molecule has 0 unspecified atom stereocenters. The number of hydrogen-bond acceptors (Lipinski definition) is 6. The topological polar surface area (TPSA) is 119 Å². The van der Waals surface area contributed by atoms with Crippen LogP contribution in [0.2, 0.25) is 0 Å². The molecule has 1 aliphatic heterocycles. The van der Waals surface area contributed by atoms with E-state index >= 15 is 0 Å². The average Bonchev–Trinajstić information content (AvgIpc) is 3.12. The summed E-state index contributed by atoms with van der Waals surface area (Å²) < 4.78 is 70.5. The van der Waals surface area contributed by atoms with Gasteiger partial charge in [0.15, 0.2) is 6.61 Å². The maximum absolute atomic E-state index is 13.1. The maximum atomic E-state index is 13.1. The first-order chi connectivity index (χ1) is 17.0. The number of non-ortho nitro benzene ring substituents is 1. The van der Waals surface area contributed by atoms with Crippen LogP contribution in [0.1, 0.15) is 31.2 Å². The number of nitrogens with one attached hydrogen (secondary N) is 1. The summed E-state index contributed by atoms with van der Waals surface area (Å²) in [5.41, 5.74) is -0.110. The van der Waals surface area contributed by atoms with Gasteiger partial charge in [-0.15, -0.1) is 0 Å². The van der Waals surface area contributed by atoms with Gasteiger partial charge in [-0.05, 0) is 42.7 Å². The number of anilines is 1. The van der Waals surface area contributed by atoms with Crippen LogP contribution >= 0.6 is 0 Å². The molecule has 1 N–H and O–H groups in total. The molecule has 0 radical (unpaired) electrons. The Hall–Kier alpha value is -3.45. The van der Waals surface area contributed by atoms with Gasteiger partial charge in [0.1, 0.15) is 5.75 Å². The lowest BCUT2D eigenvalue weighted by atomic mass is 10.2. The molecule has 13 heteroatoms. The minimum absolute atomic E-state index is 0.188. The monoisotopic (exact) mass is 527 g/mol. The summed E-state index contributed by atoms with van der Waals surface area (Å²) in [5.74, 6) is -1.16. The van der Waals surface area contributed by atoms with Crippen LogP contribution < -0.4 is 10.1 Å². The van der Waals surface area contributed by atoms with E-state index in [0.717, 1.165) is 37.1 Å². The van der Waals surface area contributed by atoms with Gasteiger partial charge < -0.3 is 10.1 Å². The molecule has 1 aliphatic rings. The Morgan fingerprint density at radius 1 is 1.11 bits per heavy atom. The Labute approximate surface area is 205 Å². The van der Waals surface area contributed by atoms with Gasteiger partial charge in [0.25, 0.3) is 5.69 Å². The molecule has 0 saturated carbocycles. The number of hydrogen-bond donors (Lipinski definition) is 1. The molecular weight excluding hydrogens is 503 g/mol. The molecule has 0 aliphatic carbocycles. The first-order valence-electron chi connectivity index (χ1n) is 11.0. The number of rotatable bonds is 8. The summed E-state index contributed by atoms with van der Waals surface area (Å²) >= 11 is 0. The summed E-state index contributed by atoms with van der Waals surface area (Å²) in [5, 5.41) is 13.3. The standard InChI is InChI=1S/C23H24F3N3O6S/c24-23(25,26)16-35-21-10-9-19(36(33,34)28-12-3-1-2-4-13-28)15-20(21)27-22(30)11-8-17-6-5-7-18(14-17)29(31)32/h5-11,14-15H,1-4,12-13,16H2,(H,27,30). The van der Waals surface area contributed by atoms with Crippen LogP contribution in [0, 0.1) is 10.1 Å². The first-order valence-corrected chi connectivity index (χ1v) is 12.5. The highest BCUT2D eigenvalue weighted by Crippen LogP contribution is 2.31. The van der Waals surface area contributed by atoms with Crippen molar-refractivity contribution in [2.75, 3.05) is 25.0 Å². The maximum Gasteiger partial charge on any atom is 0.422 e. The number of carbonyl (C=O) groups is 1. The fraction of sp³-hybridized carbons (Fsp3) is 0.348. The van der Waals surface area contributed by atoms with Crippen molar-refractivity contribution >= 4 is 33.4 Å². The summed E-state index contributed by atoms with van der Waals surface area (Å²) in [4.78, 5) is 22.6. The van der Waals surface area contributed by atoms with Crippen molar-refractivity contribution in [3.8, 4) is 5.75 Å². The predicted octanol–water partition coefficient (Wildman–Crippen LogP) is 4.75. The number of nitro benzene ring substituents is 1. The fourth-order valence-electron chi connectivity index (χ4n) is 3.57. The highest BCUT2D eigenvalue weighted by Gasteiger charge is 2.30. The molecule has 1 fully saturated rings. The van der Waals surface area contributed by atoms with Crippen molar-refractivity contribution in [2.24, 2.45) is 0 Å². The summed E-state index contributed by atoms with van der Waals surface area (Å²) in [6.45, 7) is -0.998. The number of nitrogens with zero attached hydrogens (tertiary/aromatic N) is 2. The number of sulfonamides is 1. The summed E-state index contributed by atoms with van der Waals surface area (Å²) in [6, 6.07) is 8.72. The lowest BCUT2D eigenvalue weighted by molar-refractivity contribution is -0.384. The molecule has 0 aromatic heterocycles. The van der Waals surface area contributed by atoms with Crippen molar-refractivity contribution in [3.63, 3.8) is 0 Å². The van der Waals surface area contributed by atoms with Crippen LogP contribution in [0.4, 0.5) is 24.5 Å². The Morgan fingerprint density at radius 3 is 2.44 bits per heavy atom. The van der Waals surface area contributed by atoms with Crippen LogP contribution in [0.25, 0.3) is 6.08 Å². The number of benzene rings is 2. The van der Waals surface area contributed by atoms with E-state index in [2.05, 4.69) is 5.32 Å². The molecule has 3 rings (SSSR count). The highest BCUT2D eigenvalue weighted by molar-refractivity contribution is 7.89. The third-order valence-electron chi connectivity index (χ3n) is 5.31. The molecule has 9 nitrogen and oxygen atoms in total. The third-order valence-corrected chi connectivity index (χ3v) is 7.21. The molecular formula is C23H24F3N3O6S. The van der Waals surface area contributed by atoms with Gasteiger partial charge in [-0.1, -0.05) is 25.0 Å². The zero-order valence-electron chi connectivity index (χ0n) is 19.0. The van der Waals surface area contributed by atoms with E-state index in [1.807, 2.05) is 0 Å². The van der Waals surface area contributed by atoms with E-state index in [1.165, 1.54) is 34.6 Å². The minimum Gasteiger partial charge on any atom is -0.482 e. The van der Waals surface area contributed by atoms with Crippen molar-refractivity contribution in [1.29, 1.82) is 0 Å². The van der Waals surface area contributed by atoms with Crippen LogP contribution in [0.3, 0.4) is 0 Å². The van der Waals surface area contributed by atoms with Crippen molar-refractivity contribution in [1.82, 2.24) is 4.31 Å². The van der Waals surface area contributed by atoms with Gasteiger partial charge >= 0.3 is 6.18 Å². The highest BCUT2D eigenvalue weighted by atomic mass is 32.2. The molecule has 2 aromatic carbocycles. The Bertz CT molecular complexity index is 1240. The first kappa shape index (κ1) is 27.1. The van der Waals surface area contributed by atoms with Crippen molar-refractivity contribution in [2.45, 2.75) is 36.8 Å². The Morgan fingerprint density at radius 2 is 1.81 bits per heavy atom. The van der Waals surface area contributed by atoms with E-state index in [1.54, 1.807) is 0 Å². The number of amides is 1. The van der Waals surface area contributed by atoms with E-state index in [-0.39, 0.29) is 22.0 Å². The molecule has 1 amide bonds. The zero-order chi connectivity index (χ0) is 26.3. The van der Waals surface area contributed by atoms with Gasteiger partial charge in [0.2, 0.25) is 15.9 Å². The Balaban J connectivity index is 1.87. The number of alkyl halides is 3. The van der Waals surface area contributed by atoms with Gasteiger partial charge in [-0.25, -0.2) is 8.42 Å². The second-order valence-corrected chi connectivity index (χ2v) is 9.99. The molecule has 1 heterocycles. The molecule has 0 spiro atoms. The second kappa shape index (κ2) is 11.5. The molecule has 1 saturated heterocycles. The second-order valence-electron chi connectivity index (χ2n) is 8.05. The Kier molecular flexibility index (Phi) is 8.69. The smallest absolute Gasteiger partial charge is 0.422 e. The number of nitro groups is 1. The lowest BCUT2D eigenvalue weighted by Gasteiger charge is -2.21. The van der Waals surface area contributed by atoms with Gasteiger partial charge in [0.05, 0.1) is 15.5 Å². The van der Waals surface area contributed by atoms with Gasteiger partial charge in [-0.2, -0.15) is 17.5 Å². The van der Waals surface area contributed by atoms with Crippen molar-refractivity contribution in [3.05, 3.63) is 64.2 Å². The summed E-state index contributed by atoms with van der Waals surface area (Å²) in [6.07, 6.45) is 0.817. The van der Waals surface area contributed by atoms with Crippen LogP contribution in [-0.4, -0.2) is 49.4 Å². The number of carbonyl (C=O) groups excluding carboxylic acids is 1. The van der Waals surface area contributed by atoms with Gasteiger partial charge in [-0.3, -0.25) is 14.9 Å². The number of ether oxygens (including phenoxy) is 1. The van der Waals surface area contributed by atoms with Gasteiger partial charge in [0, 0.05) is 31.3 Å². The predicted molar refractivity (Wildman–Crippen MR) is 126 cm³/mol. The lowest BCUT2D eigenvalue weighted by Crippen LogP contribution is -2.32. The van der Waals surface area contributed by atoms with Crippen LogP contribution in [-0.2, 0) is 14.8 Å². The quantitative estimate of drug-likeness (QED) is 0.301. The normalized spacial score (nSPS) is 15.4. The van der Waals surface area contributed by atoms with E-state index in [9.17, 15) is 36.5 Å². The molecule has 0 atom stereocenters. The van der Waals surface area contributed by atoms with E-state index < -0.39 is 33.6 Å². The molecule has 36 heavy (non-hydrogen) atoms. The SMILES string of the molecule is O=C(C=Cc1cccc([N+](=O)[O-])c1)Nc1cc(S(=O)(=O)N2CCCCCC2)ccc1OCC(F)(F)F. The molecule has 2 aromatic rings. The van der Waals surface area contributed by atoms with Crippen LogP contribution in [0.5, 0.6) is 5.75 Å². The van der Waals surface area contributed by atoms with E-state index in [4.69, 9.17) is 4.74 Å². The zero-order valence-corrected chi connectivity index (χ0v) is 19.8. The molecule has 194 valence electrons. The third kappa shape index (κ3) is 7.52. The number of halogens is 3. The summed E-state index contributed by atoms with van der Waals surface area (Å²) in [7, 11) is -3.95. The van der Waals surface area contributed by atoms with Crippen LogP contribution in [0.15, 0.2) is 53.4 Å². The fourth-order valence-corrected chi connectivity index (χ4v) is 5.12. The molecule has 0 bridgehead atoms. The minimum atomic E-state index is -4.65. The largest absolute Gasteiger partial charge is 0.482 e. The van der Waals surface area contributed by atoms with E-state index in [0.29, 0.717) is 31.5 Å².